The van der Waals surface area contributed by atoms with Gasteiger partial charge < -0.3 is 5.32 Å². The Hall–Kier alpha value is -0.250. The van der Waals surface area contributed by atoms with Crippen LogP contribution in [0.5, 0.6) is 0 Å². The van der Waals surface area contributed by atoms with Crippen molar-refractivity contribution in [1.29, 1.82) is 0 Å². The number of nitrogens with zero attached hydrogens (tertiary/aromatic N) is 3. The van der Waals surface area contributed by atoms with Gasteiger partial charge in [0.25, 0.3) is 10.0 Å². The summed E-state index contributed by atoms with van der Waals surface area (Å²) < 4.78 is 27.1. The Kier molecular flexibility index (Phi) is 5.61. The van der Waals surface area contributed by atoms with Crippen molar-refractivity contribution in [3.63, 3.8) is 0 Å². The van der Waals surface area contributed by atoms with E-state index in [9.17, 15) is 8.42 Å². The van der Waals surface area contributed by atoms with E-state index in [4.69, 9.17) is 0 Å². The van der Waals surface area contributed by atoms with Gasteiger partial charge in [-0.15, -0.1) is 23.7 Å². The number of aryl methyl sites for hydroxylation is 1. The van der Waals surface area contributed by atoms with Crippen molar-refractivity contribution >= 4 is 33.8 Å². The molecule has 21 heavy (non-hydrogen) atoms. The molecule has 1 atom stereocenters. The van der Waals surface area contributed by atoms with Gasteiger partial charge in [-0.05, 0) is 13.3 Å². The molecule has 3 heterocycles. The van der Waals surface area contributed by atoms with Crippen LogP contribution in [0.3, 0.4) is 0 Å². The van der Waals surface area contributed by atoms with E-state index in [2.05, 4.69) is 15.2 Å². The van der Waals surface area contributed by atoms with E-state index < -0.39 is 10.0 Å². The van der Waals surface area contributed by atoms with E-state index in [1.54, 1.807) is 4.31 Å². The minimum Gasteiger partial charge on any atom is -0.314 e. The number of aromatic nitrogens is 1. The molecule has 1 unspecified atom stereocenters. The highest BCUT2D eigenvalue weighted by Gasteiger charge is 2.36. The Morgan fingerprint density at radius 1 is 1.33 bits per heavy atom. The second-order valence-electron chi connectivity index (χ2n) is 5.29. The van der Waals surface area contributed by atoms with Crippen molar-refractivity contribution in [1.82, 2.24) is 19.5 Å². The molecule has 2 aliphatic rings. The van der Waals surface area contributed by atoms with E-state index in [1.807, 2.05) is 6.92 Å². The predicted molar refractivity (Wildman–Crippen MR) is 85.7 cm³/mol. The van der Waals surface area contributed by atoms with Crippen molar-refractivity contribution in [2.75, 3.05) is 39.3 Å². The normalized spacial score (nSPS) is 24.9. The first-order chi connectivity index (χ1) is 9.57. The molecule has 1 aromatic rings. The summed E-state index contributed by atoms with van der Waals surface area (Å²) in [7, 11) is -3.34. The highest BCUT2D eigenvalue weighted by molar-refractivity contribution is 7.91. The molecule has 2 saturated heterocycles. The summed E-state index contributed by atoms with van der Waals surface area (Å²) in [6, 6.07) is 0.362. The number of halogens is 1. The van der Waals surface area contributed by atoms with Crippen molar-refractivity contribution in [3.05, 3.63) is 11.2 Å². The molecule has 0 spiro atoms. The zero-order valence-corrected chi connectivity index (χ0v) is 14.4. The van der Waals surface area contributed by atoms with Gasteiger partial charge in [0.2, 0.25) is 0 Å². The lowest BCUT2D eigenvalue weighted by atomic mass is 10.2. The molecule has 2 fully saturated rings. The second-order valence-corrected chi connectivity index (χ2v) is 8.69. The number of rotatable bonds is 3. The molecule has 0 bridgehead atoms. The highest BCUT2D eigenvalue weighted by atomic mass is 35.5. The van der Waals surface area contributed by atoms with E-state index in [0.29, 0.717) is 23.3 Å². The maximum atomic E-state index is 12.5. The third-order valence-electron chi connectivity index (χ3n) is 3.99. The van der Waals surface area contributed by atoms with E-state index in [-0.39, 0.29) is 12.4 Å². The maximum absolute atomic E-state index is 12.5. The van der Waals surface area contributed by atoms with Gasteiger partial charge in [-0.1, -0.05) is 0 Å². The summed E-state index contributed by atoms with van der Waals surface area (Å²) in [5.41, 5.74) is 0. The van der Waals surface area contributed by atoms with Gasteiger partial charge in [0, 0.05) is 45.3 Å². The lowest BCUT2D eigenvalue weighted by molar-refractivity contribution is 0.179. The molecule has 1 N–H and O–H groups in total. The summed E-state index contributed by atoms with van der Waals surface area (Å²) in [5, 5.41) is 4.12. The quantitative estimate of drug-likeness (QED) is 0.860. The average molecular weight is 353 g/mol. The third-order valence-corrected chi connectivity index (χ3v) is 7.20. The van der Waals surface area contributed by atoms with Gasteiger partial charge >= 0.3 is 0 Å². The molecule has 1 aromatic heterocycles. The van der Waals surface area contributed by atoms with Gasteiger partial charge in [0.15, 0.2) is 4.21 Å². The zero-order chi connectivity index (χ0) is 14.2. The SMILES string of the molecule is Cc1ncc(S(=O)(=O)N2CCC(N3CCNCC3)C2)s1.Cl. The summed E-state index contributed by atoms with van der Waals surface area (Å²) in [6.45, 7) is 7.08. The number of piperazine rings is 1. The fourth-order valence-corrected chi connectivity index (χ4v) is 5.62. The van der Waals surface area contributed by atoms with E-state index >= 15 is 0 Å². The first-order valence-electron chi connectivity index (χ1n) is 6.95. The summed E-state index contributed by atoms with van der Waals surface area (Å²) in [4.78, 5) is 6.46. The molecule has 120 valence electrons. The van der Waals surface area contributed by atoms with Crippen LogP contribution in [-0.2, 0) is 10.0 Å². The Morgan fingerprint density at radius 3 is 2.67 bits per heavy atom. The zero-order valence-electron chi connectivity index (χ0n) is 12.0. The Bertz CT molecular complexity index is 572. The van der Waals surface area contributed by atoms with Gasteiger partial charge in [-0.25, -0.2) is 13.4 Å². The van der Waals surface area contributed by atoms with Crippen LogP contribution in [0, 0.1) is 6.92 Å². The fraction of sp³-hybridized carbons (Fsp3) is 0.750. The molecular weight excluding hydrogens is 332 g/mol. The van der Waals surface area contributed by atoms with Crippen molar-refractivity contribution in [3.8, 4) is 0 Å². The standard InChI is InChI=1S/C12H20N4O2S2.ClH/c1-10-14-8-12(19-10)20(17,18)16-5-2-11(9-16)15-6-3-13-4-7-15;/h8,11,13H,2-7,9H2,1H3;1H. The number of hydrogen-bond acceptors (Lipinski definition) is 6. The molecule has 0 amide bonds. The van der Waals surface area contributed by atoms with Crippen molar-refractivity contribution in [2.45, 2.75) is 23.6 Å². The topological polar surface area (TPSA) is 65.5 Å². The predicted octanol–water partition coefficient (Wildman–Crippen LogP) is 0.542. The Morgan fingerprint density at radius 2 is 2.05 bits per heavy atom. The Balaban J connectivity index is 0.00000161. The number of sulfonamides is 1. The van der Waals surface area contributed by atoms with Crippen molar-refractivity contribution < 1.29 is 8.42 Å². The molecule has 3 rings (SSSR count). The van der Waals surface area contributed by atoms with Gasteiger partial charge in [-0.2, -0.15) is 4.31 Å². The average Bonchev–Trinajstić information content (AvgIpc) is 3.09. The molecule has 0 radical (unpaired) electrons. The van der Waals surface area contributed by atoms with Crippen LogP contribution in [0.2, 0.25) is 0 Å². The maximum Gasteiger partial charge on any atom is 0.254 e. The lowest BCUT2D eigenvalue weighted by Crippen LogP contribution is -2.49. The summed E-state index contributed by atoms with van der Waals surface area (Å²) in [5.74, 6) is 0. The first kappa shape index (κ1) is 17.1. The first-order valence-corrected chi connectivity index (χ1v) is 9.20. The molecule has 0 aromatic carbocycles. The fourth-order valence-electron chi connectivity index (χ4n) is 2.86. The smallest absolute Gasteiger partial charge is 0.254 e. The molecule has 0 saturated carbocycles. The van der Waals surface area contributed by atoms with Crippen LogP contribution in [0.15, 0.2) is 10.4 Å². The van der Waals surface area contributed by atoms with Gasteiger partial charge in [-0.3, -0.25) is 4.90 Å². The summed E-state index contributed by atoms with van der Waals surface area (Å²) in [6.07, 6.45) is 2.41. The molecular formula is C12H21ClN4O2S2. The van der Waals surface area contributed by atoms with Gasteiger partial charge in [0.05, 0.1) is 11.2 Å². The monoisotopic (exact) mass is 352 g/mol. The van der Waals surface area contributed by atoms with Crippen LogP contribution in [-0.4, -0.2) is 67.9 Å². The molecule has 6 nitrogen and oxygen atoms in total. The van der Waals surface area contributed by atoms with Crippen LogP contribution in [0.4, 0.5) is 0 Å². The third kappa shape index (κ3) is 3.57. The number of hydrogen-bond donors (Lipinski definition) is 1. The Labute approximate surface area is 136 Å². The van der Waals surface area contributed by atoms with Gasteiger partial charge in [0.1, 0.15) is 0 Å². The van der Waals surface area contributed by atoms with Crippen LogP contribution in [0.1, 0.15) is 11.4 Å². The molecule has 2 aliphatic heterocycles. The molecule has 9 heteroatoms. The highest BCUT2D eigenvalue weighted by Crippen LogP contribution is 2.27. The number of thiazole rings is 1. The van der Waals surface area contributed by atoms with E-state index in [0.717, 1.165) is 37.6 Å². The minimum absolute atomic E-state index is 0. The number of nitrogens with one attached hydrogen (secondary N) is 1. The molecule has 0 aliphatic carbocycles. The van der Waals surface area contributed by atoms with Crippen LogP contribution < -0.4 is 5.32 Å². The van der Waals surface area contributed by atoms with Crippen LogP contribution >= 0.6 is 23.7 Å². The largest absolute Gasteiger partial charge is 0.314 e. The van der Waals surface area contributed by atoms with Crippen LogP contribution in [0.25, 0.3) is 0 Å². The van der Waals surface area contributed by atoms with E-state index in [1.165, 1.54) is 17.5 Å². The second kappa shape index (κ2) is 6.89. The summed E-state index contributed by atoms with van der Waals surface area (Å²) >= 11 is 1.25. The lowest BCUT2D eigenvalue weighted by Gasteiger charge is -2.32. The minimum atomic E-state index is -3.34. The van der Waals surface area contributed by atoms with Crippen molar-refractivity contribution in [2.24, 2.45) is 0 Å².